The predicted molar refractivity (Wildman–Crippen MR) is 109 cm³/mol. The van der Waals surface area contributed by atoms with Crippen molar-refractivity contribution in [2.45, 2.75) is 51.1 Å². The number of benzene rings is 1. The zero-order chi connectivity index (χ0) is 21.1. The van der Waals surface area contributed by atoms with Gasteiger partial charge in [-0.1, -0.05) is 25.0 Å². The average molecular weight is 400 g/mol. The molecule has 156 valence electrons. The maximum absolute atomic E-state index is 12.9. The topological polar surface area (TPSA) is 98.8 Å². The highest BCUT2D eigenvalue weighted by Gasteiger charge is 2.39. The first-order valence-electron chi connectivity index (χ1n) is 10.0. The van der Waals surface area contributed by atoms with Crippen molar-refractivity contribution in [1.29, 1.82) is 0 Å². The fourth-order valence-corrected chi connectivity index (χ4v) is 4.00. The molecule has 0 unspecified atom stereocenters. The molecule has 2 N–H and O–H groups in total. The monoisotopic (exact) mass is 400 g/mol. The summed E-state index contributed by atoms with van der Waals surface area (Å²) in [5.41, 5.74) is 1.17. The Morgan fingerprint density at radius 3 is 2.07 bits per heavy atom. The number of fused-ring (bicyclic) bond motifs is 1. The van der Waals surface area contributed by atoms with Gasteiger partial charge >= 0.3 is 0 Å². The van der Waals surface area contributed by atoms with E-state index in [1.165, 1.54) is 9.80 Å². The molecule has 1 aliphatic heterocycles. The fraction of sp³-hybridized carbons (Fsp3) is 0.524. The van der Waals surface area contributed by atoms with Crippen LogP contribution in [0, 0.1) is 5.92 Å². The van der Waals surface area contributed by atoms with Crippen LogP contribution in [0.15, 0.2) is 24.3 Å². The second-order valence-electron chi connectivity index (χ2n) is 7.87. The number of rotatable bonds is 5. The van der Waals surface area contributed by atoms with Gasteiger partial charge < -0.3 is 20.4 Å². The zero-order valence-electron chi connectivity index (χ0n) is 17.1. The Morgan fingerprint density at radius 1 is 1.03 bits per heavy atom. The Hall–Kier alpha value is -2.90. The van der Waals surface area contributed by atoms with Crippen molar-refractivity contribution < 1.29 is 19.2 Å². The SMILES string of the molecule is C[C@H](NC(=O)CC1CCCC1)C(=O)NC1C(=O)N(C)c2ccccc2N(C)C1=O. The highest BCUT2D eigenvalue weighted by molar-refractivity contribution is 6.21. The third-order valence-electron chi connectivity index (χ3n) is 5.77. The summed E-state index contributed by atoms with van der Waals surface area (Å²) in [5.74, 6) is -1.42. The van der Waals surface area contributed by atoms with E-state index in [9.17, 15) is 19.2 Å². The molecule has 0 aromatic heterocycles. The van der Waals surface area contributed by atoms with Crippen LogP contribution in [0.4, 0.5) is 11.4 Å². The van der Waals surface area contributed by atoms with Crippen molar-refractivity contribution in [3.8, 4) is 0 Å². The Bertz CT molecular complexity index is 778. The van der Waals surface area contributed by atoms with Crippen LogP contribution in [-0.4, -0.2) is 49.8 Å². The lowest BCUT2D eigenvalue weighted by molar-refractivity contribution is -0.135. The third kappa shape index (κ3) is 4.41. The first kappa shape index (κ1) is 20.8. The largest absolute Gasteiger partial charge is 0.345 e. The van der Waals surface area contributed by atoms with Crippen molar-refractivity contribution in [2.24, 2.45) is 5.92 Å². The van der Waals surface area contributed by atoms with Gasteiger partial charge in [0.25, 0.3) is 11.8 Å². The lowest BCUT2D eigenvalue weighted by Gasteiger charge is -2.23. The van der Waals surface area contributed by atoms with E-state index in [0.717, 1.165) is 25.7 Å². The van der Waals surface area contributed by atoms with E-state index in [1.807, 2.05) is 0 Å². The van der Waals surface area contributed by atoms with Crippen LogP contribution in [0.5, 0.6) is 0 Å². The molecule has 1 aliphatic carbocycles. The van der Waals surface area contributed by atoms with Crippen LogP contribution >= 0.6 is 0 Å². The molecule has 0 spiro atoms. The number of para-hydroxylation sites is 2. The molecule has 0 saturated heterocycles. The molecule has 1 aromatic rings. The first-order valence-corrected chi connectivity index (χ1v) is 10.0. The van der Waals surface area contributed by atoms with Gasteiger partial charge in [0.15, 0.2) is 6.04 Å². The fourth-order valence-electron chi connectivity index (χ4n) is 4.00. The van der Waals surface area contributed by atoms with Gasteiger partial charge in [0, 0.05) is 20.5 Å². The number of hydrogen-bond acceptors (Lipinski definition) is 4. The highest BCUT2D eigenvalue weighted by Crippen LogP contribution is 2.31. The molecule has 0 bridgehead atoms. The van der Waals surface area contributed by atoms with E-state index in [2.05, 4.69) is 10.6 Å². The van der Waals surface area contributed by atoms with Gasteiger partial charge in [-0.05, 0) is 37.8 Å². The number of carbonyl (C=O) groups excluding carboxylic acids is 4. The van der Waals surface area contributed by atoms with Crippen molar-refractivity contribution in [3.05, 3.63) is 24.3 Å². The van der Waals surface area contributed by atoms with Crippen molar-refractivity contribution in [1.82, 2.24) is 10.6 Å². The molecule has 3 rings (SSSR count). The average Bonchev–Trinajstić information content (AvgIpc) is 3.20. The van der Waals surface area contributed by atoms with Crippen LogP contribution in [0.2, 0.25) is 0 Å². The summed E-state index contributed by atoms with van der Waals surface area (Å²) >= 11 is 0. The minimum atomic E-state index is -1.35. The van der Waals surface area contributed by atoms with Crippen LogP contribution < -0.4 is 20.4 Å². The Labute approximate surface area is 170 Å². The number of carbonyl (C=O) groups is 4. The molecule has 29 heavy (non-hydrogen) atoms. The normalized spacial score (nSPS) is 19.0. The smallest absolute Gasteiger partial charge is 0.259 e. The van der Waals surface area contributed by atoms with Crippen molar-refractivity contribution in [2.75, 3.05) is 23.9 Å². The van der Waals surface area contributed by atoms with Crippen molar-refractivity contribution >= 4 is 35.0 Å². The Balaban J connectivity index is 1.66. The van der Waals surface area contributed by atoms with Gasteiger partial charge in [0.05, 0.1) is 11.4 Å². The van der Waals surface area contributed by atoms with E-state index in [4.69, 9.17) is 0 Å². The molecule has 1 atom stereocenters. The zero-order valence-corrected chi connectivity index (χ0v) is 17.1. The highest BCUT2D eigenvalue weighted by atomic mass is 16.2. The summed E-state index contributed by atoms with van der Waals surface area (Å²) in [6.07, 6.45) is 4.77. The van der Waals surface area contributed by atoms with Gasteiger partial charge in [-0.15, -0.1) is 0 Å². The molecule has 1 aromatic carbocycles. The van der Waals surface area contributed by atoms with E-state index >= 15 is 0 Å². The van der Waals surface area contributed by atoms with Gasteiger partial charge in [0.1, 0.15) is 6.04 Å². The maximum atomic E-state index is 12.9. The molecule has 1 heterocycles. The number of anilines is 2. The molecule has 4 amide bonds. The number of likely N-dealkylation sites (N-methyl/N-ethyl adjacent to an activating group) is 2. The maximum Gasteiger partial charge on any atom is 0.259 e. The summed E-state index contributed by atoms with van der Waals surface area (Å²) in [4.78, 5) is 53.2. The van der Waals surface area contributed by atoms with Crippen LogP contribution in [0.3, 0.4) is 0 Å². The van der Waals surface area contributed by atoms with E-state index in [0.29, 0.717) is 23.7 Å². The van der Waals surface area contributed by atoms with Crippen LogP contribution in [0.1, 0.15) is 39.0 Å². The lowest BCUT2D eigenvalue weighted by atomic mass is 10.0. The molecule has 0 radical (unpaired) electrons. The number of nitrogens with one attached hydrogen (secondary N) is 2. The summed E-state index contributed by atoms with van der Waals surface area (Å²) < 4.78 is 0. The summed E-state index contributed by atoms with van der Waals surface area (Å²) in [6, 6.07) is 4.86. The molecule has 8 nitrogen and oxygen atoms in total. The Kier molecular flexibility index (Phi) is 6.20. The number of hydrogen-bond donors (Lipinski definition) is 2. The number of nitrogens with zero attached hydrogens (tertiary/aromatic N) is 2. The Morgan fingerprint density at radius 2 is 1.55 bits per heavy atom. The number of amides is 4. The van der Waals surface area contributed by atoms with E-state index in [-0.39, 0.29) is 5.91 Å². The predicted octanol–water partition coefficient (Wildman–Crippen LogP) is 1.20. The van der Waals surface area contributed by atoms with E-state index in [1.54, 1.807) is 45.3 Å². The van der Waals surface area contributed by atoms with Crippen molar-refractivity contribution in [3.63, 3.8) is 0 Å². The minimum absolute atomic E-state index is 0.181. The van der Waals surface area contributed by atoms with Gasteiger partial charge in [-0.2, -0.15) is 0 Å². The molecule has 2 aliphatic rings. The molecule has 1 saturated carbocycles. The van der Waals surface area contributed by atoms with E-state index < -0.39 is 29.8 Å². The third-order valence-corrected chi connectivity index (χ3v) is 5.77. The molecular formula is C21H28N4O4. The van der Waals surface area contributed by atoms with Crippen LogP contribution in [-0.2, 0) is 19.2 Å². The van der Waals surface area contributed by atoms with Gasteiger partial charge in [-0.3, -0.25) is 19.2 Å². The second-order valence-corrected chi connectivity index (χ2v) is 7.87. The quantitative estimate of drug-likeness (QED) is 0.726. The lowest BCUT2D eigenvalue weighted by Crippen LogP contribution is -2.57. The first-order chi connectivity index (χ1) is 13.8. The molecule has 1 fully saturated rings. The standard InChI is InChI=1S/C21H28N4O4/c1-13(22-17(26)12-14-8-4-5-9-14)19(27)23-18-20(28)24(2)15-10-6-7-11-16(15)25(3)21(18)29/h6-7,10-11,13-14,18H,4-5,8-9,12H2,1-3H3,(H,22,26)(H,23,27)/t13-/m0/s1. The summed E-state index contributed by atoms with van der Waals surface area (Å²) in [5, 5.41) is 5.20. The van der Waals surface area contributed by atoms with Gasteiger partial charge in [-0.25, -0.2) is 0 Å². The second kappa shape index (κ2) is 8.63. The summed E-state index contributed by atoms with van der Waals surface area (Å²) in [7, 11) is 3.14. The molecule has 8 heteroatoms. The van der Waals surface area contributed by atoms with Gasteiger partial charge in [0.2, 0.25) is 11.8 Å². The molecular weight excluding hydrogens is 372 g/mol. The van der Waals surface area contributed by atoms with Crippen LogP contribution in [0.25, 0.3) is 0 Å². The minimum Gasteiger partial charge on any atom is -0.345 e. The summed E-state index contributed by atoms with van der Waals surface area (Å²) in [6.45, 7) is 1.55.